The lowest BCUT2D eigenvalue weighted by atomic mass is 9.86. The van der Waals surface area contributed by atoms with Crippen LogP contribution in [0, 0.1) is 17.3 Å². The number of ether oxygens (including phenoxy) is 2. The molecule has 0 saturated heterocycles. The van der Waals surface area contributed by atoms with Gasteiger partial charge < -0.3 is 15.2 Å². The molecule has 164 valence electrons. The van der Waals surface area contributed by atoms with Crippen LogP contribution in [0.1, 0.15) is 17.0 Å². The number of amidine groups is 1. The second-order valence-electron chi connectivity index (χ2n) is 7.38. The zero-order valence-corrected chi connectivity index (χ0v) is 17.1. The van der Waals surface area contributed by atoms with Crippen molar-refractivity contribution >= 4 is 6.02 Å². The summed E-state index contributed by atoms with van der Waals surface area (Å²) in [5.41, 5.74) is 8.40. The molecule has 1 atom stereocenters. The second-order valence-corrected chi connectivity index (χ2v) is 7.38. The van der Waals surface area contributed by atoms with Crippen LogP contribution in [0.2, 0.25) is 0 Å². The summed E-state index contributed by atoms with van der Waals surface area (Å²) in [5, 5.41) is 7.48. The van der Waals surface area contributed by atoms with E-state index in [4.69, 9.17) is 20.6 Å². The zero-order valence-electron chi connectivity index (χ0n) is 17.1. The smallest absolute Gasteiger partial charge is 0.279 e. The van der Waals surface area contributed by atoms with Gasteiger partial charge in [-0.2, -0.15) is 8.78 Å². The summed E-state index contributed by atoms with van der Waals surface area (Å²) >= 11 is 0. The van der Waals surface area contributed by atoms with Gasteiger partial charge in [-0.1, -0.05) is 6.07 Å². The fourth-order valence-electron chi connectivity index (χ4n) is 3.86. The molecule has 5 rings (SSSR count). The summed E-state index contributed by atoms with van der Waals surface area (Å²) in [6.07, 6.45) is 4.56. The van der Waals surface area contributed by atoms with Crippen molar-refractivity contribution < 1.29 is 18.3 Å². The Labute approximate surface area is 187 Å². The molecule has 1 unspecified atom stereocenters. The van der Waals surface area contributed by atoms with Crippen molar-refractivity contribution in [3.63, 3.8) is 0 Å². The van der Waals surface area contributed by atoms with E-state index < -0.39 is 23.8 Å². The minimum absolute atomic E-state index is 0.0346. The molecule has 0 spiro atoms. The van der Waals surface area contributed by atoms with Crippen LogP contribution in [0.3, 0.4) is 0 Å². The summed E-state index contributed by atoms with van der Waals surface area (Å²) in [6, 6.07) is 13.0. The highest BCUT2D eigenvalue weighted by Gasteiger charge is 2.32. The minimum Gasteiger partial charge on any atom is -0.465 e. The van der Waals surface area contributed by atoms with Crippen LogP contribution >= 0.6 is 0 Å². The highest BCUT2D eigenvalue weighted by Crippen LogP contribution is 2.47. The number of aromatic nitrogens is 3. The van der Waals surface area contributed by atoms with Gasteiger partial charge in [0.25, 0.3) is 12.0 Å². The molecule has 9 heteroatoms. The molecule has 0 saturated carbocycles. The molecule has 1 aliphatic rings. The molecule has 1 aliphatic heterocycles. The predicted molar refractivity (Wildman–Crippen MR) is 117 cm³/mol. The van der Waals surface area contributed by atoms with Gasteiger partial charge in [-0.15, -0.1) is 0 Å². The molecule has 0 amide bonds. The fourth-order valence-corrected chi connectivity index (χ4v) is 3.86. The van der Waals surface area contributed by atoms with Crippen molar-refractivity contribution in [2.75, 3.05) is 6.61 Å². The Morgan fingerprint density at radius 1 is 1.03 bits per heavy atom. The van der Waals surface area contributed by atoms with Gasteiger partial charge in [-0.05, 0) is 48.0 Å². The number of fused-ring (bicyclic) bond motifs is 2. The van der Waals surface area contributed by atoms with Gasteiger partial charge in [-0.3, -0.25) is 10.4 Å². The van der Waals surface area contributed by atoms with Crippen LogP contribution in [-0.4, -0.2) is 27.6 Å². The van der Waals surface area contributed by atoms with E-state index in [0.717, 1.165) is 0 Å². The van der Waals surface area contributed by atoms with Gasteiger partial charge in [0.1, 0.15) is 12.4 Å². The third-order valence-electron chi connectivity index (χ3n) is 5.37. The van der Waals surface area contributed by atoms with Crippen LogP contribution in [0.4, 0.5) is 8.78 Å². The van der Waals surface area contributed by atoms with Gasteiger partial charge in [0, 0.05) is 40.8 Å². The number of pyridine rings is 3. The average Bonchev–Trinajstić information content (AvgIpc) is 2.82. The summed E-state index contributed by atoms with van der Waals surface area (Å²) in [7, 11) is 0. The fraction of sp³-hybridized carbons (Fsp3) is 0.0833. The van der Waals surface area contributed by atoms with Crippen LogP contribution in [0.25, 0.3) is 22.4 Å². The average molecular weight is 445 g/mol. The van der Waals surface area contributed by atoms with E-state index in [1.165, 1.54) is 6.20 Å². The molecular weight excluding hydrogens is 428 g/mol. The molecule has 7 nitrogen and oxygen atoms in total. The zero-order chi connectivity index (χ0) is 22.9. The highest BCUT2D eigenvalue weighted by atomic mass is 19.1. The molecule has 0 bridgehead atoms. The molecule has 0 radical (unpaired) electrons. The maximum Gasteiger partial charge on any atom is 0.279 e. The molecule has 3 N–H and O–H groups in total. The first kappa shape index (κ1) is 20.5. The number of hydrogen-bond donors (Lipinski definition) is 2. The Hall–Kier alpha value is -4.40. The van der Waals surface area contributed by atoms with Crippen LogP contribution < -0.4 is 10.5 Å². The Balaban J connectivity index is 1.66. The largest absolute Gasteiger partial charge is 0.465 e. The van der Waals surface area contributed by atoms with Crippen molar-refractivity contribution in [3.05, 3.63) is 90.1 Å². The summed E-state index contributed by atoms with van der Waals surface area (Å²) < 4.78 is 40.5. The number of benzene rings is 1. The SMILES string of the molecule is N=C(N)OCC1c2cc(-c3cccnc3F)ccc2Oc2c1cc(-c1cccnc1)nc2F. The molecule has 4 aromatic rings. The minimum atomic E-state index is -0.785. The lowest BCUT2D eigenvalue weighted by Crippen LogP contribution is -2.22. The summed E-state index contributed by atoms with van der Waals surface area (Å²) in [6.45, 7) is -0.0480. The van der Waals surface area contributed by atoms with Crippen LogP contribution in [-0.2, 0) is 4.74 Å². The topological polar surface area (TPSA) is 107 Å². The Morgan fingerprint density at radius 2 is 1.88 bits per heavy atom. The maximum atomic E-state index is 15.1. The monoisotopic (exact) mass is 445 g/mol. The van der Waals surface area contributed by atoms with Gasteiger partial charge in [0.15, 0.2) is 5.75 Å². The highest BCUT2D eigenvalue weighted by molar-refractivity contribution is 5.70. The molecule has 33 heavy (non-hydrogen) atoms. The van der Waals surface area contributed by atoms with E-state index in [9.17, 15) is 4.39 Å². The third kappa shape index (κ3) is 3.84. The first-order valence-electron chi connectivity index (χ1n) is 10.0. The molecule has 4 heterocycles. The number of halogens is 2. The van der Waals surface area contributed by atoms with E-state index in [-0.39, 0.29) is 12.4 Å². The molecular formula is C24H17F2N5O2. The van der Waals surface area contributed by atoms with Crippen molar-refractivity contribution in [3.8, 4) is 33.9 Å². The normalized spacial score (nSPS) is 14.1. The van der Waals surface area contributed by atoms with E-state index >= 15 is 4.39 Å². The van der Waals surface area contributed by atoms with Crippen molar-refractivity contribution in [2.24, 2.45) is 5.73 Å². The standard InChI is InChI=1S/C24H17F2N5O2/c25-22-15(4-2-8-30-22)13-5-6-20-16(9-13)18(12-32-24(27)28)17-10-19(14-3-1-7-29-11-14)31-23(26)21(17)33-20/h1-11,18H,12H2,(H3,27,28). The van der Waals surface area contributed by atoms with E-state index in [1.54, 1.807) is 60.9 Å². The Bertz CT molecular complexity index is 1360. The van der Waals surface area contributed by atoms with E-state index in [2.05, 4.69) is 15.0 Å². The lowest BCUT2D eigenvalue weighted by molar-refractivity contribution is 0.272. The Kier molecular flexibility index (Phi) is 5.14. The second kappa shape index (κ2) is 8.27. The number of nitrogens with zero attached hydrogens (tertiary/aromatic N) is 3. The number of hydrogen-bond acceptors (Lipinski definition) is 6. The Morgan fingerprint density at radius 3 is 2.64 bits per heavy atom. The van der Waals surface area contributed by atoms with E-state index in [1.807, 2.05) is 0 Å². The van der Waals surface area contributed by atoms with Crippen LogP contribution in [0.15, 0.2) is 67.1 Å². The maximum absolute atomic E-state index is 15.1. The van der Waals surface area contributed by atoms with Gasteiger partial charge >= 0.3 is 0 Å². The number of nitrogens with two attached hydrogens (primary N) is 1. The van der Waals surface area contributed by atoms with Gasteiger partial charge in [0.05, 0.1) is 11.6 Å². The summed E-state index contributed by atoms with van der Waals surface area (Å²) in [4.78, 5) is 11.8. The van der Waals surface area contributed by atoms with E-state index in [0.29, 0.717) is 39.3 Å². The number of rotatable bonds is 4. The van der Waals surface area contributed by atoms with Gasteiger partial charge in [0.2, 0.25) is 5.95 Å². The quantitative estimate of drug-likeness (QED) is 0.269. The molecule has 0 fully saturated rings. The van der Waals surface area contributed by atoms with Crippen molar-refractivity contribution in [2.45, 2.75) is 5.92 Å². The van der Waals surface area contributed by atoms with Crippen molar-refractivity contribution in [1.82, 2.24) is 15.0 Å². The van der Waals surface area contributed by atoms with Crippen LogP contribution in [0.5, 0.6) is 11.5 Å². The van der Waals surface area contributed by atoms with Gasteiger partial charge in [-0.25, -0.2) is 9.97 Å². The molecule has 1 aromatic carbocycles. The molecule has 3 aromatic heterocycles. The number of nitrogens with one attached hydrogen (secondary N) is 1. The first-order chi connectivity index (χ1) is 16.0. The molecule has 0 aliphatic carbocycles. The first-order valence-corrected chi connectivity index (χ1v) is 10.0. The third-order valence-corrected chi connectivity index (χ3v) is 5.37. The van der Waals surface area contributed by atoms with Crippen molar-refractivity contribution in [1.29, 1.82) is 5.41 Å². The lowest BCUT2D eigenvalue weighted by Gasteiger charge is -2.29. The summed E-state index contributed by atoms with van der Waals surface area (Å²) in [5.74, 6) is -1.61. The predicted octanol–water partition coefficient (Wildman–Crippen LogP) is 4.63.